The van der Waals surface area contributed by atoms with Crippen molar-refractivity contribution in [2.75, 3.05) is 28.2 Å². The fourth-order valence-corrected chi connectivity index (χ4v) is 1.57. The third-order valence-electron chi connectivity index (χ3n) is 0.629. The summed E-state index contributed by atoms with van der Waals surface area (Å²) in [5, 5.41) is 7.00. The van der Waals surface area contributed by atoms with E-state index >= 15 is 0 Å². The van der Waals surface area contributed by atoms with Crippen LogP contribution in [0.25, 0.3) is 10.6 Å². The predicted octanol–water partition coefficient (Wildman–Crippen LogP) is 4.27. The molecule has 0 aromatic carbocycles. The van der Waals surface area contributed by atoms with E-state index in [-0.39, 0.29) is 32.1 Å². The molecule has 0 aliphatic carbocycles. The molecular formula is C12H30Mo2N4. The fourth-order valence-electron chi connectivity index (χ4n) is 0.265. The van der Waals surface area contributed by atoms with Crippen LogP contribution in [0.5, 0.6) is 0 Å². The molecule has 0 bridgehead atoms. The van der Waals surface area contributed by atoms with Crippen LogP contribution in [0.3, 0.4) is 0 Å². The van der Waals surface area contributed by atoms with Gasteiger partial charge >= 0.3 is 77.8 Å². The molecule has 0 spiro atoms. The van der Waals surface area contributed by atoms with Crippen LogP contribution in [0.1, 0.15) is 41.5 Å². The molecule has 0 heterocycles. The Morgan fingerprint density at radius 2 is 0.833 bits per heavy atom. The summed E-state index contributed by atoms with van der Waals surface area (Å²) in [7, 11) is 7.00. The third kappa shape index (κ3) is 53.9. The van der Waals surface area contributed by atoms with Gasteiger partial charge in [0.15, 0.2) is 0 Å². The molecular weight excluding hydrogens is 392 g/mol. The van der Waals surface area contributed by atoms with Gasteiger partial charge in [-0.2, -0.15) is 28.2 Å². The van der Waals surface area contributed by atoms with E-state index in [1.165, 1.54) is 0 Å². The molecule has 0 fully saturated rings. The molecule has 6 heteroatoms. The van der Waals surface area contributed by atoms with Crippen LogP contribution in [0.15, 0.2) is 6.99 Å². The number of rotatable bonds is 0. The number of nitrogens with zero attached hydrogens (tertiary/aromatic N) is 4. The fraction of sp³-hybridized carbons (Fsp3) is 1.00. The van der Waals surface area contributed by atoms with E-state index in [1.54, 1.807) is 28.2 Å². The maximum atomic E-state index is 4.51. The monoisotopic (exact) mass is 426 g/mol. The Morgan fingerprint density at radius 3 is 0.944 bits per heavy atom. The van der Waals surface area contributed by atoms with Gasteiger partial charge in [0.05, 0.1) is 0 Å². The molecule has 0 aromatic heterocycles. The van der Waals surface area contributed by atoms with Crippen LogP contribution in [0.4, 0.5) is 0 Å². The predicted molar refractivity (Wildman–Crippen MR) is 74.8 cm³/mol. The van der Waals surface area contributed by atoms with Crippen LogP contribution < -0.4 is 0 Å². The third-order valence-corrected chi connectivity index (χ3v) is 3.72. The van der Waals surface area contributed by atoms with Gasteiger partial charge in [0.2, 0.25) is 0 Å². The Bertz CT molecular complexity index is 191. The average molecular weight is 422 g/mol. The molecule has 0 rings (SSSR count). The second-order valence-electron chi connectivity index (χ2n) is 5.50. The summed E-state index contributed by atoms with van der Waals surface area (Å²) in [5.41, 5.74) is 0.216. The van der Waals surface area contributed by atoms with E-state index < -0.39 is 18.2 Å². The summed E-state index contributed by atoms with van der Waals surface area (Å²) < 4.78 is 9.01. The molecule has 0 aliphatic rings. The van der Waals surface area contributed by atoms with Gasteiger partial charge in [-0.15, -0.1) is 0 Å². The molecule has 0 atom stereocenters. The molecule has 0 aromatic rings. The van der Waals surface area contributed by atoms with Crippen LogP contribution in [-0.4, -0.2) is 39.3 Å². The van der Waals surface area contributed by atoms with E-state index in [2.05, 4.69) is 59.2 Å². The zero-order chi connectivity index (χ0) is 14.5. The molecule has 0 amide bonds. The molecule has 0 saturated heterocycles. The topological polar surface area (TPSA) is 52.9 Å². The minimum absolute atomic E-state index is 0. The molecule has 110 valence electrons. The second kappa shape index (κ2) is 16.0. The van der Waals surface area contributed by atoms with E-state index in [1.807, 2.05) is 0 Å². The normalized spacial score (nSPS) is 9.44. The van der Waals surface area contributed by atoms with Crippen LogP contribution in [-0.2, 0) is 39.3 Å². The van der Waals surface area contributed by atoms with Gasteiger partial charge in [-0.25, -0.2) is 0 Å². The van der Waals surface area contributed by atoms with Gasteiger partial charge in [0.1, 0.15) is 0 Å². The standard InChI is InChI=1S/2C4H9N.2C2H6N.2Mo/c2*1-4(2,3)5;2*1-3-2;;/h2*1-3H3;2*1-2H3;;/q;;2*-1;;+2. The van der Waals surface area contributed by atoms with Crippen molar-refractivity contribution in [2.24, 2.45) is 6.99 Å². The first-order valence-electron chi connectivity index (χ1n) is 5.60. The first-order chi connectivity index (χ1) is 7.54. The van der Waals surface area contributed by atoms with Crippen molar-refractivity contribution in [3.63, 3.8) is 0 Å². The minimum Gasteiger partial charge on any atom is -0.668 e. The van der Waals surface area contributed by atoms with Gasteiger partial charge in [-0.3, -0.25) is 0 Å². The maximum Gasteiger partial charge on any atom is 0 e. The van der Waals surface area contributed by atoms with Crippen molar-refractivity contribution in [2.45, 2.75) is 52.6 Å². The Balaban J connectivity index is -0.000000119. The van der Waals surface area contributed by atoms with Crippen LogP contribution >= 0.6 is 0 Å². The summed E-state index contributed by atoms with van der Waals surface area (Å²) in [6.07, 6.45) is 0. The molecule has 18 heavy (non-hydrogen) atoms. The summed E-state index contributed by atoms with van der Waals surface area (Å²) in [4.78, 5) is 0. The number of hydrogen-bond donors (Lipinski definition) is 0. The Morgan fingerprint density at radius 1 is 0.667 bits per heavy atom. The van der Waals surface area contributed by atoms with Gasteiger partial charge in [-0.05, 0) is 0 Å². The first kappa shape index (κ1) is 27.3. The largest absolute Gasteiger partial charge is 0.668 e. The van der Waals surface area contributed by atoms with Crippen LogP contribution in [0, 0.1) is 0 Å². The number of hydrogen-bond acceptors (Lipinski definition) is 2. The summed E-state index contributed by atoms with van der Waals surface area (Å²) in [6.45, 7) is 12.7. The van der Waals surface area contributed by atoms with Gasteiger partial charge < -0.3 is 10.6 Å². The SMILES string of the molecule is CC(C)(C)[N]=[Mo+2]=[N]C(C)(C)C.C[N-]C.C[N-]C.[Mo]. The maximum absolute atomic E-state index is 4.51. The van der Waals surface area contributed by atoms with E-state index in [9.17, 15) is 0 Å². The molecule has 0 N–H and O–H groups in total. The Hall–Kier alpha value is 0.897. The summed E-state index contributed by atoms with van der Waals surface area (Å²) >= 11 is -0.473. The Labute approximate surface area is 137 Å². The van der Waals surface area contributed by atoms with E-state index in [0.717, 1.165) is 0 Å². The zero-order valence-electron chi connectivity index (χ0n) is 13.6. The second-order valence-corrected chi connectivity index (χ2v) is 6.80. The first-order valence-corrected chi connectivity index (χ1v) is 7.40. The van der Waals surface area contributed by atoms with Crippen molar-refractivity contribution in [1.82, 2.24) is 0 Å². The zero-order valence-corrected chi connectivity index (χ0v) is 17.6. The van der Waals surface area contributed by atoms with Crippen molar-refractivity contribution in [3.05, 3.63) is 10.6 Å². The molecule has 0 radical (unpaired) electrons. The summed E-state index contributed by atoms with van der Waals surface area (Å²) in [6, 6.07) is 0. The molecule has 0 saturated carbocycles. The van der Waals surface area contributed by atoms with Crippen molar-refractivity contribution < 1.29 is 39.3 Å². The van der Waals surface area contributed by atoms with Gasteiger partial charge in [0.25, 0.3) is 0 Å². The molecule has 0 aliphatic heterocycles. The van der Waals surface area contributed by atoms with Gasteiger partial charge in [0, 0.05) is 21.1 Å². The van der Waals surface area contributed by atoms with Gasteiger partial charge in [-0.1, -0.05) is 0 Å². The average Bonchev–Trinajstić information content (AvgIpc) is 2.01. The quantitative estimate of drug-likeness (QED) is 0.524. The van der Waals surface area contributed by atoms with E-state index in [4.69, 9.17) is 0 Å². The smallest absolute Gasteiger partial charge is 0 e. The van der Waals surface area contributed by atoms with Crippen molar-refractivity contribution >= 4 is 0 Å². The molecule has 0 unspecified atom stereocenters. The van der Waals surface area contributed by atoms with Crippen LogP contribution in [0.2, 0.25) is 0 Å². The van der Waals surface area contributed by atoms with E-state index in [0.29, 0.717) is 0 Å². The Kier molecular flexibility index (Phi) is 24.2. The van der Waals surface area contributed by atoms with Crippen molar-refractivity contribution in [3.8, 4) is 0 Å². The molecule has 4 nitrogen and oxygen atoms in total. The minimum atomic E-state index is -0.473. The van der Waals surface area contributed by atoms with Crippen molar-refractivity contribution in [1.29, 1.82) is 0 Å². The summed E-state index contributed by atoms with van der Waals surface area (Å²) in [5.74, 6) is 0.